The zero-order valence-corrected chi connectivity index (χ0v) is 9.62. The normalized spacial score (nSPS) is 16.1. The largest absolute Gasteiger partial charge is 0.289 e. The van der Waals surface area contributed by atoms with Gasteiger partial charge < -0.3 is 0 Å². The first-order valence-electron chi connectivity index (χ1n) is 5.63. The maximum Gasteiger partial charge on any atom is 0.184 e. The molecule has 2 rings (SSSR count). The maximum atomic E-state index is 11.8. The first-order valence-corrected chi connectivity index (χ1v) is 5.63. The molecule has 82 valence electrons. The summed E-state index contributed by atoms with van der Waals surface area (Å²) in [5, 5.41) is 0. The summed E-state index contributed by atoms with van der Waals surface area (Å²) in [6.07, 6.45) is 2.54. The summed E-state index contributed by atoms with van der Waals surface area (Å²) in [4.78, 5) is 11.8. The summed E-state index contributed by atoms with van der Waals surface area (Å²) < 4.78 is 0. The third-order valence-electron chi connectivity index (χ3n) is 3.10. The molecule has 0 aromatic heterocycles. The van der Waals surface area contributed by atoms with Crippen LogP contribution in [0, 0.1) is 0 Å². The molecule has 1 heteroatoms. The second kappa shape index (κ2) is 4.48. The van der Waals surface area contributed by atoms with E-state index in [-0.39, 0.29) is 5.78 Å². The number of allylic oxidation sites excluding steroid dienone is 3. The molecule has 1 aliphatic carbocycles. The molecule has 0 saturated carbocycles. The van der Waals surface area contributed by atoms with Gasteiger partial charge in [0.15, 0.2) is 5.78 Å². The number of rotatable bonds is 3. The van der Waals surface area contributed by atoms with Crippen molar-refractivity contribution in [2.24, 2.45) is 0 Å². The minimum Gasteiger partial charge on any atom is -0.289 e. The van der Waals surface area contributed by atoms with Gasteiger partial charge in [0.1, 0.15) is 0 Å². The maximum absolute atomic E-state index is 11.8. The van der Waals surface area contributed by atoms with Crippen molar-refractivity contribution in [1.29, 1.82) is 0 Å². The van der Waals surface area contributed by atoms with Gasteiger partial charge >= 0.3 is 0 Å². The highest BCUT2D eigenvalue weighted by atomic mass is 16.1. The van der Waals surface area contributed by atoms with E-state index in [1.807, 2.05) is 25.1 Å². The van der Waals surface area contributed by atoms with Gasteiger partial charge in [-0.25, -0.2) is 0 Å². The second-order valence-corrected chi connectivity index (χ2v) is 4.35. The molecule has 0 spiro atoms. The molecule has 0 atom stereocenters. The highest BCUT2D eigenvalue weighted by Crippen LogP contribution is 2.29. The average Bonchev–Trinajstić information content (AvgIpc) is 2.53. The Morgan fingerprint density at radius 3 is 2.44 bits per heavy atom. The Labute approximate surface area is 96.5 Å². The molecule has 0 N–H and O–H groups in total. The molecule has 0 heterocycles. The van der Waals surface area contributed by atoms with Gasteiger partial charge in [-0.05, 0) is 42.9 Å². The minimum atomic E-state index is 0.174. The van der Waals surface area contributed by atoms with Crippen LogP contribution in [0.3, 0.4) is 0 Å². The lowest BCUT2D eigenvalue weighted by Crippen LogP contribution is -2.00. The van der Waals surface area contributed by atoms with Gasteiger partial charge in [-0.3, -0.25) is 4.79 Å². The van der Waals surface area contributed by atoms with E-state index in [2.05, 4.69) is 18.7 Å². The van der Waals surface area contributed by atoms with Crippen LogP contribution in [0.2, 0.25) is 0 Å². The molecular formula is C15H16O. The summed E-state index contributed by atoms with van der Waals surface area (Å²) in [5.74, 6) is 0.174. The van der Waals surface area contributed by atoms with Crippen LogP contribution in [0.1, 0.15) is 25.3 Å². The zero-order valence-electron chi connectivity index (χ0n) is 9.62. The van der Waals surface area contributed by atoms with Gasteiger partial charge in [0.25, 0.3) is 0 Å². The molecule has 0 amide bonds. The number of aryl methyl sites for hydroxylation is 1. The van der Waals surface area contributed by atoms with Crippen molar-refractivity contribution in [3.8, 4) is 0 Å². The van der Waals surface area contributed by atoms with Gasteiger partial charge in [-0.15, -0.1) is 0 Å². The molecule has 0 fully saturated rings. The standard InChI is InChI=1S/C15H16O/c1-11-10-12(2)15(16)14(11)9-8-13-6-4-3-5-7-13/h3-7H,2,8-10H2,1H3. The number of hydrogen-bond donors (Lipinski definition) is 0. The molecule has 1 aromatic rings. The van der Waals surface area contributed by atoms with Crippen molar-refractivity contribution in [1.82, 2.24) is 0 Å². The van der Waals surface area contributed by atoms with E-state index < -0.39 is 0 Å². The summed E-state index contributed by atoms with van der Waals surface area (Å²) in [7, 11) is 0. The molecule has 0 radical (unpaired) electrons. The van der Waals surface area contributed by atoms with E-state index >= 15 is 0 Å². The van der Waals surface area contributed by atoms with Crippen molar-refractivity contribution in [3.63, 3.8) is 0 Å². The Morgan fingerprint density at radius 2 is 1.88 bits per heavy atom. The molecule has 16 heavy (non-hydrogen) atoms. The number of hydrogen-bond acceptors (Lipinski definition) is 1. The molecular weight excluding hydrogens is 196 g/mol. The van der Waals surface area contributed by atoms with Gasteiger partial charge in [0.2, 0.25) is 0 Å². The minimum absolute atomic E-state index is 0.174. The summed E-state index contributed by atoms with van der Waals surface area (Å²) in [6.45, 7) is 5.84. The Morgan fingerprint density at radius 1 is 1.19 bits per heavy atom. The fraction of sp³-hybridized carbons (Fsp3) is 0.267. The Balaban J connectivity index is 2.04. The highest BCUT2D eigenvalue weighted by molar-refractivity contribution is 6.11. The predicted octanol–water partition coefficient (Wildman–Crippen LogP) is 3.46. The van der Waals surface area contributed by atoms with Crippen LogP contribution < -0.4 is 0 Å². The van der Waals surface area contributed by atoms with Gasteiger partial charge in [-0.2, -0.15) is 0 Å². The van der Waals surface area contributed by atoms with Crippen LogP contribution in [0.4, 0.5) is 0 Å². The van der Waals surface area contributed by atoms with E-state index in [9.17, 15) is 4.79 Å². The molecule has 0 saturated heterocycles. The number of carbonyl (C=O) groups is 1. The topological polar surface area (TPSA) is 17.1 Å². The predicted molar refractivity (Wildman–Crippen MR) is 66.2 cm³/mol. The van der Waals surface area contributed by atoms with Crippen molar-refractivity contribution in [2.45, 2.75) is 26.2 Å². The lowest BCUT2D eigenvalue weighted by Gasteiger charge is -2.03. The van der Waals surface area contributed by atoms with Crippen LogP contribution in [-0.4, -0.2) is 5.78 Å². The molecule has 0 bridgehead atoms. The van der Waals surface area contributed by atoms with E-state index in [1.54, 1.807) is 0 Å². The first-order chi connectivity index (χ1) is 7.68. The third-order valence-corrected chi connectivity index (χ3v) is 3.10. The molecule has 0 unspecified atom stereocenters. The Kier molecular flexibility index (Phi) is 3.04. The molecule has 0 aliphatic heterocycles. The quantitative estimate of drug-likeness (QED) is 0.701. The zero-order chi connectivity index (χ0) is 11.5. The monoisotopic (exact) mass is 212 g/mol. The molecule has 1 aliphatic rings. The van der Waals surface area contributed by atoms with E-state index in [0.717, 1.165) is 30.4 Å². The van der Waals surface area contributed by atoms with Crippen molar-refractivity contribution in [3.05, 3.63) is 59.2 Å². The summed E-state index contributed by atoms with van der Waals surface area (Å²) >= 11 is 0. The summed E-state index contributed by atoms with van der Waals surface area (Å²) in [5.41, 5.74) is 4.22. The third kappa shape index (κ3) is 2.13. The van der Waals surface area contributed by atoms with Crippen LogP contribution in [0.5, 0.6) is 0 Å². The van der Waals surface area contributed by atoms with Crippen LogP contribution in [-0.2, 0) is 11.2 Å². The SMILES string of the molecule is C=C1CC(C)=C(CCc2ccccc2)C1=O. The van der Waals surface area contributed by atoms with E-state index in [0.29, 0.717) is 0 Å². The van der Waals surface area contributed by atoms with Crippen LogP contribution in [0.15, 0.2) is 53.6 Å². The number of Topliss-reactive ketones (excluding diaryl/α,β-unsaturated/α-hetero) is 1. The van der Waals surface area contributed by atoms with E-state index in [4.69, 9.17) is 0 Å². The van der Waals surface area contributed by atoms with Crippen molar-refractivity contribution < 1.29 is 4.79 Å². The number of carbonyl (C=O) groups excluding carboxylic acids is 1. The number of ketones is 1. The van der Waals surface area contributed by atoms with Crippen LogP contribution in [0.25, 0.3) is 0 Å². The average molecular weight is 212 g/mol. The lowest BCUT2D eigenvalue weighted by molar-refractivity contribution is -0.112. The van der Waals surface area contributed by atoms with Gasteiger partial charge in [-0.1, -0.05) is 42.5 Å². The fourth-order valence-corrected chi connectivity index (χ4v) is 2.16. The molecule has 1 nitrogen and oxygen atoms in total. The Bertz CT molecular complexity index is 452. The van der Waals surface area contributed by atoms with Gasteiger partial charge in [0.05, 0.1) is 0 Å². The van der Waals surface area contributed by atoms with Crippen molar-refractivity contribution in [2.75, 3.05) is 0 Å². The second-order valence-electron chi connectivity index (χ2n) is 4.35. The first kappa shape index (κ1) is 10.9. The Hall–Kier alpha value is -1.63. The number of benzene rings is 1. The molecule has 1 aromatic carbocycles. The summed E-state index contributed by atoms with van der Waals surface area (Å²) in [6, 6.07) is 10.3. The van der Waals surface area contributed by atoms with Crippen molar-refractivity contribution >= 4 is 5.78 Å². The smallest absolute Gasteiger partial charge is 0.184 e. The highest BCUT2D eigenvalue weighted by Gasteiger charge is 2.22. The fourth-order valence-electron chi connectivity index (χ4n) is 2.16. The van der Waals surface area contributed by atoms with Crippen LogP contribution >= 0.6 is 0 Å². The van der Waals surface area contributed by atoms with E-state index in [1.165, 1.54) is 11.1 Å². The van der Waals surface area contributed by atoms with Gasteiger partial charge in [0, 0.05) is 0 Å². The lowest BCUT2D eigenvalue weighted by atomic mass is 10.0.